The lowest BCUT2D eigenvalue weighted by Crippen LogP contribution is -2.45. The van der Waals surface area contributed by atoms with Gasteiger partial charge < -0.3 is 10.2 Å². The lowest BCUT2D eigenvalue weighted by atomic mass is 9.96. The minimum absolute atomic E-state index is 0.0917. The second kappa shape index (κ2) is 8.32. The van der Waals surface area contributed by atoms with Crippen LogP contribution < -0.4 is 5.32 Å². The van der Waals surface area contributed by atoms with E-state index in [0.29, 0.717) is 30.2 Å². The number of nitrogens with zero attached hydrogens (tertiary/aromatic N) is 1. The molecular weight excluding hydrogens is 355 g/mol. The summed E-state index contributed by atoms with van der Waals surface area (Å²) in [5.74, 6) is -0.797. The van der Waals surface area contributed by atoms with Crippen LogP contribution >= 0.6 is 11.6 Å². The van der Waals surface area contributed by atoms with Crippen LogP contribution in [-0.4, -0.2) is 29.8 Å². The molecule has 1 heterocycles. The van der Waals surface area contributed by atoms with Crippen LogP contribution in [0.2, 0.25) is 5.02 Å². The first-order valence-electron chi connectivity index (χ1n) is 8.60. The van der Waals surface area contributed by atoms with Gasteiger partial charge in [0.25, 0.3) is 5.91 Å². The molecular formula is C20H20ClFN2O2. The molecule has 3 rings (SSSR count). The van der Waals surface area contributed by atoms with Gasteiger partial charge in [0, 0.05) is 19.6 Å². The average Bonchev–Trinajstić information content (AvgIpc) is 2.67. The van der Waals surface area contributed by atoms with Gasteiger partial charge in [-0.25, -0.2) is 4.39 Å². The highest BCUT2D eigenvalue weighted by Gasteiger charge is 2.29. The molecule has 0 bridgehead atoms. The van der Waals surface area contributed by atoms with E-state index in [1.807, 2.05) is 0 Å². The van der Waals surface area contributed by atoms with E-state index in [-0.39, 0.29) is 23.5 Å². The van der Waals surface area contributed by atoms with Crippen molar-refractivity contribution in [2.45, 2.75) is 19.4 Å². The molecule has 2 amide bonds. The van der Waals surface area contributed by atoms with E-state index in [2.05, 4.69) is 5.32 Å². The fraction of sp³-hybridized carbons (Fsp3) is 0.300. The Labute approximate surface area is 157 Å². The molecule has 0 aliphatic carbocycles. The second-order valence-corrected chi connectivity index (χ2v) is 6.82. The van der Waals surface area contributed by atoms with Crippen LogP contribution in [0.4, 0.5) is 4.39 Å². The summed E-state index contributed by atoms with van der Waals surface area (Å²) in [6.07, 6.45) is 1.51. The van der Waals surface area contributed by atoms with Gasteiger partial charge >= 0.3 is 0 Å². The zero-order valence-corrected chi connectivity index (χ0v) is 15.0. The van der Waals surface area contributed by atoms with E-state index >= 15 is 0 Å². The third-order valence-electron chi connectivity index (χ3n) is 4.56. The number of benzene rings is 2. The molecule has 2 aromatic rings. The van der Waals surface area contributed by atoms with Crippen LogP contribution in [0.1, 0.15) is 28.8 Å². The number of halogens is 2. The summed E-state index contributed by atoms with van der Waals surface area (Å²) in [5.41, 5.74) is 1.29. The fourth-order valence-electron chi connectivity index (χ4n) is 3.12. The summed E-state index contributed by atoms with van der Waals surface area (Å²) in [6, 6.07) is 13.0. The van der Waals surface area contributed by atoms with Crippen molar-refractivity contribution >= 4 is 23.4 Å². The SMILES string of the molecule is O=C(NCc1ccc(F)cc1)[C@@H]1CCCN(C(=O)c2ccccc2Cl)C1. The smallest absolute Gasteiger partial charge is 0.255 e. The highest BCUT2D eigenvalue weighted by molar-refractivity contribution is 6.33. The normalized spacial score (nSPS) is 17.0. The molecule has 4 nitrogen and oxygen atoms in total. The van der Waals surface area contributed by atoms with Gasteiger partial charge in [0.05, 0.1) is 16.5 Å². The van der Waals surface area contributed by atoms with Crippen molar-refractivity contribution in [3.8, 4) is 0 Å². The van der Waals surface area contributed by atoms with Gasteiger partial charge in [0.1, 0.15) is 5.82 Å². The summed E-state index contributed by atoms with van der Waals surface area (Å²) in [7, 11) is 0. The Morgan fingerprint density at radius 1 is 1.15 bits per heavy atom. The van der Waals surface area contributed by atoms with Crippen LogP contribution in [-0.2, 0) is 11.3 Å². The Kier molecular flexibility index (Phi) is 5.89. The van der Waals surface area contributed by atoms with Crippen molar-refractivity contribution in [3.63, 3.8) is 0 Å². The van der Waals surface area contributed by atoms with Crippen LogP contribution in [0.3, 0.4) is 0 Å². The number of carbonyl (C=O) groups is 2. The van der Waals surface area contributed by atoms with Crippen molar-refractivity contribution < 1.29 is 14.0 Å². The van der Waals surface area contributed by atoms with Crippen molar-refractivity contribution in [2.75, 3.05) is 13.1 Å². The van der Waals surface area contributed by atoms with Gasteiger partial charge in [-0.2, -0.15) is 0 Å². The third kappa shape index (κ3) is 4.41. The number of hydrogen-bond acceptors (Lipinski definition) is 2. The Hall–Kier alpha value is -2.40. The zero-order valence-electron chi connectivity index (χ0n) is 14.3. The van der Waals surface area contributed by atoms with E-state index in [4.69, 9.17) is 11.6 Å². The predicted octanol–water partition coefficient (Wildman–Crippen LogP) is 3.65. The first-order valence-corrected chi connectivity index (χ1v) is 8.98. The third-order valence-corrected chi connectivity index (χ3v) is 4.89. The largest absolute Gasteiger partial charge is 0.352 e. The van der Waals surface area contributed by atoms with E-state index in [0.717, 1.165) is 18.4 Å². The lowest BCUT2D eigenvalue weighted by molar-refractivity contribution is -0.126. The van der Waals surface area contributed by atoms with Crippen LogP contribution in [0.5, 0.6) is 0 Å². The molecule has 0 saturated carbocycles. The molecule has 0 aromatic heterocycles. The van der Waals surface area contributed by atoms with E-state index in [1.165, 1.54) is 12.1 Å². The van der Waals surface area contributed by atoms with E-state index in [1.54, 1.807) is 41.3 Å². The number of nitrogens with one attached hydrogen (secondary N) is 1. The number of rotatable bonds is 4. The van der Waals surface area contributed by atoms with Crippen LogP contribution in [0.25, 0.3) is 0 Å². The van der Waals surface area contributed by atoms with Crippen molar-refractivity contribution in [3.05, 3.63) is 70.5 Å². The molecule has 1 aliphatic rings. The van der Waals surface area contributed by atoms with Gasteiger partial charge in [0.15, 0.2) is 0 Å². The minimum Gasteiger partial charge on any atom is -0.352 e. The average molecular weight is 375 g/mol. The minimum atomic E-state index is -0.305. The number of carbonyl (C=O) groups excluding carboxylic acids is 2. The Morgan fingerprint density at radius 2 is 1.88 bits per heavy atom. The molecule has 1 fully saturated rings. The standard InChI is InChI=1S/C20H20ClFN2O2/c21-18-6-2-1-5-17(18)20(26)24-11-3-4-15(13-24)19(25)23-12-14-7-9-16(22)10-8-14/h1-2,5-10,15H,3-4,11-13H2,(H,23,25)/t15-/m1/s1. The quantitative estimate of drug-likeness (QED) is 0.888. The molecule has 0 unspecified atom stereocenters. The number of likely N-dealkylation sites (tertiary alicyclic amines) is 1. The Balaban J connectivity index is 1.59. The molecule has 0 radical (unpaired) electrons. The maximum absolute atomic E-state index is 12.9. The maximum atomic E-state index is 12.9. The highest BCUT2D eigenvalue weighted by Crippen LogP contribution is 2.22. The van der Waals surface area contributed by atoms with Gasteiger partial charge in [-0.15, -0.1) is 0 Å². The molecule has 0 spiro atoms. The molecule has 26 heavy (non-hydrogen) atoms. The molecule has 1 aliphatic heterocycles. The van der Waals surface area contributed by atoms with Crippen LogP contribution in [0, 0.1) is 11.7 Å². The zero-order chi connectivity index (χ0) is 18.5. The van der Waals surface area contributed by atoms with Crippen molar-refractivity contribution in [1.82, 2.24) is 10.2 Å². The Morgan fingerprint density at radius 3 is 2.62 bits per heavy atom. The molecule has 1 saturated heterocycles. The number of hydrogen-bond donors (Lipinski definition) is 1. The molecule has 136 valence electrons. The van der Waals surface area contributed by atoms with Gasteiger partial charge in [-0.3, -0.25) is 9.59 Å². The molecule has 1 N–H and O–H groups in total. The maximum Gasteiger partial charge on any atom is 0.255 e. The van der Waals surface area contributed by atoms with Crippen molar-refractivity contribution in [1.29, 1.82) is 0 Å². The molecule has 6 heteroatoms. The predicted molar refractivity (Wildman–Crippen MR) is 98.3 cm³/mol. The molecule has 2 aromatic carbocycles. The Bertz CT molecular complexity index is 795. The lowest BCUT2D eigenvalue weighted by Gasteiger charge is -2.32. The second-order valence-electron chi connectivity index (χ2n) is 6.41. The summed E-state index contributed by atoms with van der Waals surface area (Å²) in [5, 5.41) is 3.29. The topological polar surface area (TPSA) is 49.4 Å². The summed E-state index contributed by atoms with van der Waals surface area (Å²) in [4.78, 5) is 26.8. The van der Waals surface area contributed by atoms with E-state index < -0.39 is 0 Å². The summed E-state index contributed by atoms with van der Waals surface area (Å²) in [6.45, 7) is 1.33. The summed E-state index contributed by atoms with van der Waals surface area (Å²) < 4.78 is 12.9. The number of amides is 2. The first kappa shape index (κ1) is 18.4. The van der Waals surface area contributed by atoms with Gasteiger partial charge in [-0.1, -0.05) is 35.9 Å². The van der Waals surface area contributed by atoms with Crippen LogP contribution in [0.15, 0.2) is 48.5 Å². The fourth-order valence-corrected chi connectivity index (χ4v) is 3.33. The first-order chi connectivity index (χ1) is 12.5. The molecule has 1 atom stereocenters. The summed E-state index contributed by atoms with van der Waals surface area (Å²) >= 11 is 6.11. The van der Waals surface area contributed by atoms with Crippen molar-refractivity contribution in [2.24, 2.45) is 5.92 Å². The highest BCUT2D eigenvalue weighted by atomic mass is 35.5. The van der Waals surface area contributed by atoms with Gasteiger partial charge in [0.2, 0.25) is 5.91 Å². The van der Waals surface area contributed by atoms with Gasteiger partial charge in [-0.05, 0) is 42.7 Å². The monoisotopic (exact) mass is 374 g/mol. The number of piperidine rings is 1. The van der Waals surface area contributed by atoms with E-state index in [9.17, 15) is 14.0 Å².